The Morgan fingerprint density at radius 1 is 1.68 bits per heavy atom. The highest BCUT2D eigenvalue weighted by Gasteiger charge is 2.28. The summed E-state index contributed by atoms with van der Waals surface area (Å²) >= 11 is 0. The summed E-state index contributed by atoms with van der Waals surface area (Å²) in [6.45, 7) is 7.35. The molecular formula is C12H19FN4O2. The number of amidine groups is 1. The first-order chi connectivity index (χ1) is 9.03. The summed E-state index contributed by atoms with van der Waals surface area (Å²) in [6.07, 6.45) is -0.406. The number of rotatable bonds is 6. The van der Waals surface area contributed by atoms with Crippen LogP contribution in [-0.2, 0) is 9.47 Å². The Morgan fingerprint density at radius 2 is 2.37 bits per heavy atom. The van der Waals surface area contributed by atoms with Crippen LogP contribution in [-0.4, -0.2) is 38.7 Å². The monoisotopic (exact) mass is 270 g/mol. The quantitative estimate of drug-likeness (QED) is 0.558. The highest BCUT2D eigenvalue weighted by atomic mass is 19.1. The van der Waals surface area contributed by atoms with Crippen molar-refractivity contribution >= 4 is 12.6 Å². The van der Waals surface area contributed by atoms with Crippen LogP contribution in [0, 0.1) is 0 Å². The van der Waals surface area contributed by atoms with E-state index in [9.17, 15) is 4.39 Å². The Morgan fingerprint density at radius 3 is 2.89 bits per heavy atom. The number of nitrogens with zero attached hydrogens (tertiary/aromatic N) is 2. The van der Waals surface area contributed by atoms with Gasteiger partial charge in [0.25, 0.3) is 0 Å². The van der Waals surface area contributed by atoms with Crippen LogP contribution in [0.1, 0.15) is 13.8 Å². The fourth-order valence-corrected chi connectivity index (χ4v) is 1.50. The lowest BCUT2D eigenvalue weighted by molar-refractivity contribution is -0.122. The molecule has 0 aromatic heterocycles. The van der Waals surface area contributed by atoms with Crippen LogP contribution >= 0.6 is 0 Å². The van der Waals surface area contributed by atoms with Crippen LogP contribution < -0.4 is 11.1 Å². The van der Waals surface area contributed by atoms with Gasteiger partial charge in [-0.05, 0) is 20.6 Å². The average Bonchev–Trinajstić information content (AvgIpc) is 2.74. The molecule has 0 aromatic carbocycles. The van der Waals surface area contributed by atoms with E-state index in [1.165, 1.54) is 6.08 Å². The molecule has 1 aliphatic heterocycles. The first kappa shape index (κ1) is 15.3. The van der Waals surface area contributed by atoms with Crippen LogP contribution in [0.4, 0.5) is 4.39 Å². The summed E-state index contributed by atoms with van der Waals surface area (Å²) in [7, 11) is 1.55. The standard InChI is InChI=1S/C12H19FN4O2/c1-5-18-9-6-8(13)12(19-9)17-11(16-4)7(2)10(14)15-3/h6,9,12,17H,4-5H2,1-3H3,(H2,14,15)/b11-7+/t9-,12+/m0/s1. The van der Waals surface area contributed by atoms with Crippen LogP contribution in [0.5, 0.6) is 0 Å². The van der Waals surface area contributed by atoms with E-state index in [1.54, 1.807) is 20.9 Å². The molecule has 3 N–H and O–H groups in total. The second-order valence-corrected chi connectivity index (χ2v) is 3.78. The number of hydrogen-bond donors (Lipinski definition) is 2. The SMILES string of the molecule is C=N/C(N[C@@H]1O[C@H](OCC)C=C1F)=C(/C)C(N)=NC. The predicted octanol–water partition coefficient (Wildman–Crippen LogP) is 1.07. The molecule has 1 heterocycles. The maximum atomic E-state index is 13.7. The zero-order valence-electron chi connectivity index (χ0n) is 11.3. The molecule has 19 heavy (non-hydrogen) atoms. The van der Waals surface area contributed by atoms with Gasteiger partial charge in [0, 0.05) is 25.3 Å². The van der Waals surface area contributed by atoms with Crippen molar-refractivity contribution in [3.05, 3.63) is 23.3 Å². The molecule has 1 rings (SSSR count). The van der Waals surface area contributed by atoms with Crippen LogP contribution in [0.3, 0.4) is 0 Å². The second-order valence-electron chi connectivity index (χ2n) is 3.78. The van der Waals surface area contributed by atoms with Crippen molar-refractivity contribution in [3.63, 3.8) is 0 Å². The normalized spacial score (nSPS) is 24.8. The smallest absolute Gasteiger partial charge is 0.185 e. The van der Waals surface area contributed by atoms with E-state index in [-0.39, 0.29) is 0 Å². The van der Waals surface area contributed by atoms with E-state index < -0.39 is 18.3 Å². The fourth-order valence-electron chi connectivity index (χ4n) is 1.50. The van der Waals surface area contributed by atoms with Crippen molar-refractivity contribution in [1.29, 1.82) is 0 Å². The third-order valence-electron chi connectivity index (χ3n) is 2.55. The summed E-state index contributed by atoms with van der Waals surface area (Å²) in [5.41, 5.74) is 6.23. The van der Waals surface area contributed by atoms with Gasteiger partial charge in [-0.25, -0.2) is 9.38 Å². The zero-order chi connectivity index (χ0) is 14.4. The van der Waals surface area contributed by atoms with E-state index >= 15 is 0 Å². The van der Waals surface area contributed by atoms with Gasteiger partial charge in [0.15, 0.2) is 18.3 Å². The largest absolute Gasteiger partial charge is 0.384 e. The number of halogens is 1. The topological polar surface area (TPSA) is 81.2 Å². The molecule has 106 valence electrons. The Balaban J connectivity index is 2.79. The third kappa shape index (κ3) is 3.87. The molecule has 0 bridgehead atoms. The van der Waals surface area contributed by atoms with Crippen LogP contribution in [0.2, 0.25) is 0 Å². The summed E-state index contributed by atoms with van der Waals surface area (Å²) < 4.78 is 24.1. The van der Waals surface area contributed by atoms with Crippen molar-refractivity contribution < 1.29 is 13.9 Å². The lowest BCUT2D eigenvalue weighted by atomic mass is 10.2. The molecule has 0 saturated carbocycles. The van der Waals surface area contributed by atoms with E-state index in [4.69, 9.17) is 15.2 Å². The van der Waals surface area contributed by atoms with E-state index in [0.29, 0.717) is 23.8 Å². The minimum atomic E-state index is -0.961. The average molecular weight is 270 g/mol. The van der Waals surface area contributed by atoms with Crippen LogP contribution in [0.15, 0.2) is 33.3 Å². The van der Waals surface area contributed by atoms with Crippen molar-refractivity contribution in [3.8, 4) is 0 Å². The van der Waals surface area contributed by atoms with Crippen molar-refractivity contribution in [2.24, 2.45) is 15.7 Å². The first-order valence-electron chi connectivity index (χ1n) is 5.84. The van der Waals surface area contributed by atoms with Crippen molar-refractivity contribution in [1.82, 2.24) is 5.32 Å². The molecule has 0 aliphatic carbocycles. The van der Waals surface area contributed by atoms with Gasteiger partial charge in [-0.1, -0.05) is 0 Å². The Bertz CT molecular complexity index is 431. The van der Waals surface area contributed by atoms with Crippen molar-refractivity contribution in [2.45, 2.75) is 26.4 Å². The molecular weight excluding hydrogens is 251 g/mol. The Labute approximate surface area is 111 Å². The molecule has 0 radical (unpaired) electrons. The maximum absolute atomic E-state index is 13.7. The molecule has 2 atom stereocenters. The number of nitrogens with two attached hydrogens (primary N) is 1. The summed E-state index contributed by atoms with van der Waals surface area (Å²) in [4.78, 5) is 7.60. The molecule has 0 saturated heterocycles. The first-order valence-corrected chi connectivity index (χ1v) is 5.84. The predicted molar refractivity (Wildman–Crippen MR) is 72.4 cm³/mol. The fraction of sp³-hybridized carbons (Fsp3) is 0.500. The van der Waals surface area contributed by atoms with E-state index in [0.717, 1.165) is 0 Å². The molecule has 0 unspecified atom stereocenters. The maximum Gasteiger partial charge on any atom is 0.185 e. The van der Waals surface area contributed by atoms with Crippen molar-refractivity contribution in [2.75, 3.05) is 13.7 Å². The van der Waals surface area contributed by atoms with Gasteiger partial charge in [-0.2, -0.15) is 0 Å². The molecule has 6 nitrogen and oxygen atoms in total. The van der Waals surface area contributed by atoms with Crippen LogP contribution in [0.25, 0.3) is 0 Å². The molecule has 1 aliphatic rings. The minimum absolute atomic E-state index is 0.290. The molecule has 0 amide bonds. The van der Waals surface area contributed by atoms with Gasteiger partial charge in [0.05, 0.1) is 0 Å². The molecule has 0 fully saturated rings. The van der Waals surface area contributed by atoms with Gasteiger partial charge < -0.3 is 20.5 Å². The lowest BCUT2D eigenvalue weighted by Gasteiger charge is -2.18. The van der Waals surface area contributed by atoms with Gasteiger partial charge in [-0.3, -0.25) is 4.99 Å². The number of hydrogen-bond acceptors (Lipinski definition) is 5. The number of ether oxygens (including phenoxy) is 2. The Kier molecular flexibility index (Phi) is 5.65. The summed E-state index contributed by atoms with van der Waals surface area (Å²) in [5.74, 6) is 0.131. The molecule has 0 aromatic rings. The molecule has 0 spiro atoms. The van der Waals surface area contributed by atoms with E-state index in [2.05, 4.69) is 22.0 Å². The van der Waals surface area contributed by atoms with Gasteiger partial charge in [-0.15, -0.1) is 0 Å². The van der Waals surface area contributed by atoms with Gasteiger partial charge >= 0.3 is 0 Å². The minimum Gasteiger partial charge on any atom is -0.384 e. The lowest BCUT2D eigenvalue weighted by Crippen LogP contribution is -2.32. The number of aliphatic imine (C=N–C) groups is 2. The summed E-state index contributed by atoms with van der Waals surface area (Å²) in [5, 5.41) is 2.76. The van der Waals surface area contributed by atoms with Gasteiger partial charge in [0.2, 0.25) is 0 Å². The second kappa shape index (κ2) is 7.01. The Hall–Kier alpha value is -1.73. The third-order valence-corrected chi connectivity index (χ3v) is 2.55. The molecule has 7 heteroatoms. The number of nitrogens with one attached hydrogen (secondary N) is 1. The summed E-state index contributed by atoms with van der Waals surface area (Å²) in [6, 6.07) is 0. The highest BCUT2D eigenvalue weighted by Crippen LogP contribution is 2.21. The van der Waals surface area contributed by atoms with E-state index in [1.807, 2.05) is 0 Å². The highest BCUT2D eigenvalue weighted by molar-refractivity contribution is 5.96. The van der Waals surface area contributed by atoms with Gasteiger partial charge in [0.1, 0.15) is 11.7 Å². The zero-order valence-corrected chi connectivity index (χ0v) is 11.3.